The van der Waals surface area contributed by atoms with Gasteiger partial charge in [0.1, 0.15) is 12.4 Å². The number of ether oxygens (including phenoxy) is 1. The highest BCUT2D eigenvalue weighted by Gasteiger charge is 2.20. The van der Waals surface area contributed by atoms with E-state index in [4.69, 9.17) is 4.74 Å². The van der Waals surface area contributed by atoms with E-state index in [9.17, 15) is 9.90 Å². The van der Waals surface area contributed by atoms with Crippen LogP contribution < -0.4 is 4.74 Å². The molecule has 0 atom stereocenters. The molecule has 3 aromatic carbocycles. The molecule has 0 saturated heterocycles. The Hall–Kier alpha value is -3.53. The van der Waals surface area contributed by atoms with Crippen molar-refractivity contribution in [2.75, 3.05) is 0 Å². The van der Waals surface area contributed by atoms with Gasteiger partial charge in [-0.05, 0) is 46.4 Å². The number of fused-ring (bicyclic) bond motifs is 1. The molecule has 0 aliphatic rings. The fourth-order valence-corrected chi connectivity index (χ4v) is 3.78. The van der Waals surface area contributed by atoms with Gasteiger partial charge in [-0.25, -0.2) is 0 Å². The molecule has 4 rings (SSSR count). The second-order valence-corrected chi connectivity index (χ2v) is 8.86. The summed E-state index contributed by atoms with van der Waals surface area (Å²) in [6, 6.07) is 24.1. The summed E-state index contributed by atoms with van der Waals surface area (Å²) in [6.45, 7) is 6.96. The molecule has 0 amide bonds. The number of H-pyrrole nitrogens is 1. The summed E-state index contributed by atoms with van der Waals surface area (Å²) in [5.74, 6) is -0.101. The van der Waals surface area contributed by atoms with E-state index in [0.29, 0.717) is 6.61 Å². The number of carboxylic acid groups (broad SMARTS) is 1. The van der Waals surface area contributed by atoms with Crippen LogP contribution in [0.2, 0.25) is 0 Å². The maximum absolute atomic E-state index is 11.7. The lowest BCUT2D eigenvalue weighted by molar-refractivity contribution is -0.136. The third-order valence-electron chi connectivity index (χ3n) is 5.47. The molecule has 0 aliphatic carbocycles. The standard InChI is InChI=1S/C27H27NO3/c1-27(2,3)20-12-13-24-22(15-20)23(16-25(29)30)26(28-24)19-10-7-11-21(14-19)31-17-18-8-5-4-6-9-18/h4-15,28H,16-17H2,1-3H3,(H,29,30). The van der Waals surface area contributed by atoms with Crippen LogP contribution in [0.1, 0.15) is 37.5 Å². The molecule has 4 aromatic rings. The second-order valence-electron chi connectivity index (χ2n) is 8.86. The van der Waals surface area contributed by atoms with Gasteiger partial charge < -0.3 is 14.8 Å². The molecule has 0 spiro atoms. The van der Waals surface area contributed by atoms with Crippen LogP contribution >= 0.6 is 0 Å². The average Bonchev–Trinajstić information content (AvgIpc) is 3.10. The van der Waals surface area contributed by atoms with Crippen molar-refractivity contribution in [2.45, 2.75) is 39.2 Å². The number of rotatable bonds is 6. The summed E-state index contributed by atoms with van der Waals surface area (Å²) in [6.07, 6.45) is -0.0436. The first kappa shape index (κ1) is 20.7. The summed E-state index contributed by atoms with van der Waals surface area (Å²) in [5.41, 5.74) is 5.74. The van der Waals surface area contributed by atoms with Gasteiger partial charge in [0.15, 0.2) is 0 Å². The number of hydrogen-bond acceptors (Lipinski definition) is 2. The van der Waals surface area contributed by atoms with Gasteiger partial charge in [0.25, 0.3) is 0 Å². The van der Waals surface area contributed by atoms with Crippen molar-refractivity contribution in [1.29, 1.82) is 0 Å². The van der Waals surface area contributed by atoms with E-state index in [0.717, 1.165) is 39.0 Å². The SMILES string of the molecule is CC(C)(C)c1ccc2[nH]c(-c3cccc(OCc4ccccc4)c3)c(CC(=O)O)c2c1. The minimum atomic E-state index is -0.847. The Morgan fingerprint density at radius 3 is 2.45 bits per heavy atom. The molecule has 4 heteroatoms. The van der Waals surface area contributed by atoms with E-state index in [1.807, 2.05) is 60.7 Å². The molecule has 1 aromatic heterocycles. The quantitative estimate of drug-likeness (QED) is 0.388. The van der Waals surface area contributed by atoms with Crippen LogP contribution in [-0.4, -0.2) is 16.1 Å². The summed E-state index contributed by atoms with van der Waals surface area (Å²) in [7, 11) is 0. The van der Waals surface area contributed by atoms with Crippen LogP contribution in [-0.2, 0) is 23.2 Å². The highest BCUT2D eigenvalue weighted by atomic mass is 16.5. The number of benzene rings is 3. The van der Waals surface area contributed by atoms with E-state index in [1.165, 1.54) is 5.56 Å². The molecular formula is C27H27NO3. The van der Waals surface area contributed by atoms with E-state index in [2.05, 4.69) is 37.9 Å². The Balaban J connectivity index is 1.73. The number of carboxylic acids is 1. The summed E-state index contributed by atoms with van der Waals surface area (Å²) < 4.78 is 5.98. The van der Waals surface area contributed by atoms with E-state index < -0.39 is 5.97 Å². The zero-order chi connectivity index (χ0) is 22.0. The van der Waals surface area contributed by atoms with Crippen LogP contribution in [0.3, 0.4) is 0 Å². The average molecular weight is 414 g/mol. The maximum Gasteiger partial charge on any atom is 0.307 e. The van der Waals surface area contributed by atoms with Gasteiger partial charge in [-0.1, -0.05) is 69.3 Å². The second kappa shape index (κ2) is 8.31. The van der Waals surface area contributed by atoms with Crippen molar-refractivity contribution in [3.8, 4) is 17.0 Å². The third kappa shape index (κ3) is 4.64. The maximum atomic E-state index is 11.7. The predicted molar refractivity (Wildman–Crippen MR) is 125 cm³/mol. The Labute approximate surface area is 182 Å². The first-order chi connectivity index (χ1) is 14.8. The minimum absolute atomic E-state index is 0.0166. The van der Waals surface area contributed by atoms with Crippen LogP contribution in [0.5, 0.6) is 5.75 Å². The molecular weight excluding hydrogens is 386 g/mol. The van der Waals surface area contributed by atoms with Crippen LogP contribution in [0.15, 0.2) is 72.8 Å². The van der Waals surface area contributed by atoms with Crippen molar-refractivity contribution in [1.82, 2.24) is 4.98 Å². The summed E-state index contributed by atoms with van der Waals surface area (Å²) >= 11 is 0. The minimum Gasteiger partial charge on any atom is -0.489 e. The summed E-state index contributed by atoms with van der Waals surface area (Å²) in [4.78, 5) is 15.1. The Bertz CT molecular complexity index is 1220. The van der Waals surface area contributed by atoms with Crippen molar-refractivity contribution >= 4 is 16.9 Å². The van der Waals surface area contributed by atoms with Crippen LogP contribution in [0.25, 0.3) is 22.2 Å². The van der Waals surface area contributed by atoms with Crippen molar-refractivity contribution in [3.63, 3.8) is 0 Å². The smallest absolute Gasteiger partial charge is 0.307 e. The van der Waals surface area contributed by atoms with Gasteiger partial charge in [-0.3, -0.25) is 4.79 Å². The molecule has 31 heavy (non-hydrogen) atoms. The molecule has 158 valence electrons. The van der Waals surface area contributed by atoms with Crippen molar-refractivity contribution < 1.29 is 14.6 Å². The van der Waals surface area contributed by atoms with E-state index in [-0.39, 0.29) is 11.8 Å². The molecule has 0 bridgehead atoms. The molecule has 1 heterocycles. The van der Waals surface area contributed by atoms with Gasteiger partial charge >= 0.3 is 5.97 Å². The fourth-order valence-electron chi connectivity index (χ4n) is 3.78. The van der Waals surface area contributed by atoms with E-state index in [1.54, 1.807) is 0 Å². The Kier molecular flexibility index (Phi) is 5.55. The fraction of sp³-hybridized carbons (Fsp3) is 0.222. The van der Waals surface area contributed by atoms with Gasteiger partial charge in [0.05, 0.1) is 12.1 Å². The molecule has 0 aliphatic heterocycles. The highest BCUT2D eigenvalue weighted by Crippen LogP contribution is 2.35. The lowest BCUT2D eigenvalue weighted by Crippen LogP contribution is -2.10. The Morgan fingerprint density at radius 1 is 0.968 bits per heavy atom. The number of nitrogens with one attached hydrogen (secondary N) is 1. The van der Waals surface area contributed by atoms with Gasteiger partial charge in [-0.2, -0.15) is 0 Å². The van der Waals surface area contributed by atoms with Gasteiger partial charge in [0.2, 0.25) is 0 Å². The topological polar surface area (TPSA) is 62.3 Å². The van der Waals surface area contributed by atoms with E-state index >= 15 is 0 Å². The molecule has 0 fully saturated rings. The lowest BCUT2D eigenvalue weighted by atomic mass is 9.86. The molecule has 0 radical (unpaired) electrons. The van der Waals surface area contributed by atoms with Gasteiger partial charge in [0, 0.05) is 16.5 Å². The number of aromatic nitrogens is 1. The first-order valence-corrected chi connectivity index (χ1v) is 10.5. The normalized spacial score (nSPS) is 11.6. The molecule has 2 N–H and O–H groups in total. The predicted octanol–water partition coefficient (Wildman–Crippen LogP) is 6.34. The number of aliphatic carboxylic acids is 1. The molecule has 0 saturated carbocycles. The third-order valence-corrected chi connectivity index (χ3v) is 5.47. The number of hydrogen-bond donors (Lipinski definition) is 2. The lowest BCUT2D eigenvalue weighted by Gasteiger charge is -2.19. The first-order valence-electron chi connectivity index (χ1n) is 10.5. The zero-order valence-electron chi connectivity index (χ0n) is 18.1. The molecule has 0 unspecified atom stereocenters. The van der Waals surface area contributed by atoms with Crippen LogP contribution in [0.4, 0.5) is 0 Å². The van der Waals surface area contributed by atoms with Crippen molar-refractivity contribution in [2.24, 2.45) is 0 Å². The largest absolute Gasteiger partial charge is 0.489 e. The van der Waals surface area contributed by atoms with Crippen molar-refractivity contribution in [3.05, 3.63) is 89.5 Å². The number of aromatic amines is 1. The monoisotopic (exact) mass is 413 g/mol. The zero-order valence-corrected chi connectivity index (χ0v) is 18.1. The Morgan fingerprint density at radius 2 is 1.74 bits per heavy atom. The van der Waals surface area contributed by atoms with Crippen LogP contribution in [0, 0.1) is 0 Å². The summed E-state index contributed by atoms with van der Waals surface area (Å²) in [5, 5.41) is 10.5. The highest BCUT2D eigenvalue weighted by molar-refractivity contribution is 5.94. The van der Waals surface area contributed by atoms with Gasteiger partial charge in [-0.15, -0.1) is 0 Å². The number of carbonyl (C=O) groups is 1. The molecule has 4 nitrogen and oxygen atoms in total.